The molecular weight excluding hydrogens is 390 g/mol. The van der Waals surface area contributed by atoms with E-state index in [1.54, 1.807) is 11.0 Å². The molecule has 2 aliphatic heterocycles. The molecule has 148 valence electrons. The number of aromatic nitrogens is 1. The summed E-state index contributed by atoms with van der Waals surface area (Å²) in [5, 5.41) is 0.538. The molecule has 0 saturated carbocycles. The fourth-order valence-electron chi connectivity index (χ4n) is 3.45. The number of morpholine rings is 1. The van der Waals surface area contributed by atoms with Gasteiger partial charge in [0.1, 0.15) is 6.54 Å². The van der Waals surface area contributed by atoms with Gasteiger partial charge in [-0.3, -0.25) is 19.3 Å². The van der Waals surface area contributed by atoms with E-state index in [-0.39, 0.29) is 30.1 Å². The molecule has 2 aliphatic rings. The molecule has 2 saturated heterocycles. The van der Waals surface area contributed by atoms with Gasteiger partial charge in [-0.05, 0) is 23.9 Å². The Kier molecular flexibility index (Phi) is 5.43. The van der Waals surface area contributed by atoms with E-state index in [4.69, 9.17) is 11.2 Å². The van der Waals surface area contributed by atoms with Crippen LogP contribution in [-0.2, 0) is 20.9 Å². The lowest BCUT2D eigenvalue weighted by Crippen LogP contribution is -2.42. The summed E-state index contributed by atoms with van der Waals surface area (Å²) in [5.41, 5.74) is 1.67. The van der Waals surface area contributed by atoms with Crippen molar-refractivity contribution in [3.63, 3.8) is 0 Å². The lowest BCUT2D eigenvalue weighted by Gasteiger charge is -2.27. The maximum Gasteiger partial charge on any atom is 0.294 e. The Morgan fingerprint density at radius 1 is 1.24 bits per heavy atom. The van der Waals surface area contributed by atoms with E-state index >= 15 is 0 Å². The molecule has 0 radical (unpaired) electrons. The maximum absolute atomic E-state index is 12.7. The van der Waals surface area contributed by atoms with Crippen LogP contribution in [-0.4, -0.2) is 64.3 Å². The predicted molar refractivity (Wildman–Crippen MR) is 111 cm³/mol. The number of fused-ring (bicyclic) bond motifs is 1. The summed E-state index contributed by atoms with van der Waals surface area (Å²) in [4.78, 5) is 40.4. The van der Waals surface area contributed by atoms with Gasteiger partial charge in [0, 0.05) is 35.8 Å². The SMILES string of the molecule is C#CCN1C(=O)S/C(=C\c2cn(CC(=O)N3CCOCC3)c3ccccc23)C1=O. The van der Waals surface area contributed by atoms with Gasteiger partial charge in [0.2, 0.25) is 5.91 Å². The molecule has 0 N–H and O–H groups in total. The third-order valence-electron chi connectivity index (χ3n) is 4.90. The van der Waals surface area contributed by atoms with E-state index in [2.05, 4.69) is 5.92 Å². The Hall–Kier alpha value is -3.02. The van der Waals surface area contributed by atoms with Crippen molar-refractivity contribution >= 4 is 45.8 Å². The standard InChI is InChI=1S/C21H19N3O4S/c1-2-7-24-20(26)18(29-21(24)27)12-15-13-23(17-6-4-3-5-16(15)17)14-19(25)22-8-10-28-11-9-22/h1,3-6,12-13H,7-11,14H2/b18-12-. The molecule has 2 fully saturated rings. The topological polar surface area (TPSA) is 71.8 Å². The van der Waals surface area contributed by atoms with Gasteiger partial charge >= 0.3 is 0 Å². The Morgan fingerprint density at radius 2 is 2.00 bits per heavy atom. The van der Waals surface area contributed by atoms with Gasteiger partial charge in [0.25, 0.3) is 11.1 Å². The number of benzene rings is 1. The first-order valence-corrected chi connectivity index (χ1v) is 10.0. The third-order valence-corrected chi connectivity index (χ3v) is 5.81. The predicted octanol–water partition coefficient (Wildman–Crippen LogP) is 2.17. The van der Waals surface area contributed by atoms with Crippen molar-refractivity contribution in [2.24, 2.45) is 0 Å². The highest BCUT2D eigenvalue weighted by molar-refractivity contribution is 8.18. The minimum Gasteiger partial charge on any atom is -0.378 e. The van der Waals surface area contributed by atoms with Gasteiger partial charge in [0.15, 0.2) is 0 Å². The smallest absolute Gasteiger partial charge is 0.294 e. The van der Waals surface area contributed by atoms with Gasteiger partial charge in [-0.25, -0.2) is 0 Å². The lowest BCUT2D eigenvalue weighted by molar-refractivity contribution is -0.135. The number of ether oxygens (including phenoxy) is 1. The van der Waals surface area contributed by atoms with E-state index in [1.807, 2.05) is 35.0 Å². The highest BCUT2D eigenvalue weighted by Crippen LogP contribution is 2.34. The summed E-state index contributed by atoms with van der Waals surface area (Å²) in [7, 11) is 0. The fraction of sp³-hybridized carbons (Fsp3) is 0.286. The van der Waals surface area contributed by atoms with Gasteiger partial charge in [-0.15, -0.1) is 6.42 Å². The summed E-state index contributed by atoms with van der Waals surface area (Å²) in [5.74, 6) is 1.96. The van der Waals surface area contributed by atoms with Crippen molar-refractivity contribution in [2.75, 3.05) is 32.8 Å². The summed E-state index contributed by atoms with van der Waals surface area (Å²) >= 11 is 0.876. The molecule has 0 bridgehead atoms. The molecule has 3 heterocycles. The molecule has 3 amide bonds. The van der Waals surface area contributed by atoms with Crippen LogP contribution < -0.4 is 0 Å². The van der Waals surface area contributed by atoms with Crippen LogP contribution in [0.4, 0.5) is 4.79 Å². The van der Waals surface area contributed by atoms with Crippen LogP contribution in [0.5, 0.6) is 0 Å². The van der Waals surface area contributed by atoms with Crippen LogP contribution in [0.3, 0.4) is 0 Å². The zero-order chi connectivity index (χ0) is 20.4. The molecular formula is C21H19N3O4S. The first-order valence-electron chi connectivity index (χ1n) is 9.20. The van der Waals surface area contributed by atoms with Crippen molar-refractivity contribution < 1.29 is 19.1 Å². The number of carbonyl (C=O) groups is 3. The number of imide groups is 1. The van der Waals surface area contributed by atoms with E-state index in [9.17, 15) is 14.4 Å². The Bertz CT molecular complexity index is 1060. The average Bonchev–Trinajstić information content (AvgIpc) is 3.21. The van der Waals surface area contributed by atoms with Crippen molar-refractivity contribution in [2.45, 2.75) is 6.54 Å². The third kappa shape index (κ3) is 3.79. The number of terminal acetylenes is 1. The monoisotopic (exact) mass is 409 g/mol. The second kappa shape index (κ2) is 8.15. The van der Waals surface area contributed by atoms with Crippen molar-refractivity contribution in [1.82, 2.24) is 14.4 Å². The molecule has 4 rings (SSSR count). The minimum absolute atomic E-state index is 0.0231. The number of hydrogen-bond donors (Lipinski definition) is 0. The van der Waals surface area contributed by atoms with Crippen molar-refractivity contribution in [3.05, 3.63) is 40.9 Å². The number of rotatable bonds is 4. The van der Waals surface area contributed by atoms with Crippen molar-refractivity contribution in [3.8, 4) is 12.3 Å². The number of thioether (sulfide) groups is 1. The summed E-state index contributed by atoms with van der Waals surface area (Å²) in [6.07, 6.45) is 8.78. The maximum atomic E-state index is 12.7. The summed E-state index contributed by atoms with van der Waals surface area (Å²) in [6, 6.07) is 7.67. The molecule has 7 nitrogen and oxygen atoms in total. The quantitative estimate of drug-likeness (QED) is 0.572. The van der Waals surface area contributed by atoms with Crippen LogP contribution in [0.1, 0.15) is 5.56 Å². The molecule has 1 aromatic carbocycles. The second-order valence-electron chi connectivity index (χ2n) is 6.69. The van der Waals surface area contributed by atoms with Gasteiger partial charge in [-0.2, -0.15) is 0 Å². The van der Waals surface area contributed by atoms with Crippen molar-refractivity contribution in [1.29, 1.82) is 0 Å². The molecule has 29 heavy (non-hydrogen) atoms. The first-order chi connectivity index (χ1) is 14.1. The molecule has 0 unspecified atom stereocenters. The van der Waals surface area contributed by atoms with E-state index in [1.165, 1.54) is 0 Å². The van der Waals surface area contributed by atoms with Crippen LogP contribution in [0.25, 0.3) is 17.0 Å². The van der Waals surface area contributed by atoms with Crippen LogP contribution in [0, 0.1) is 12.3 Å². The van der Waals surface area contributed by atoms with Crippen LogP contribution in [0.2, 0.25) is 0 Å². The van der Waals surface area contributed by atoms with Gasteiger partial charge in [-0.1, -0.05) is 24.1 Å². The number of nitrogens with zero attached hydrogens (tertiary/aromatic N) is 3. The Balaban J connectivity index is 1.64. The summed E-state index contributed by atoms with van der Waals surface area (Å²) < 4.78 is 7.19. The Labute approximate surface area is 172 Å². The van der Waals surface area contributed by atoms with Gasteiger partial charge in [0.05, 0.1) is 24.7 Å². The zero-order valence-electron chi connectivity index (χ0n) is 15.7. The first kappa shape index (κ1) is 19.3. The molecule has 8 heteroatoms. The Morgan fingerprint density at radius 3 is 2.76 bits per heavy atom. The van der Waals surface area contributed by atoms with E-state index < -0.39 is 0 Å². The molecule has 0 spiro atoms. The average molecular weight is 409 g/mol. The normalized spacial score (nSPS) is 18.7. The lowest BCUT2D eigenvalue weighted by atomic mass is 10.1. The highest BCUT2D eigenvalue weighted by Gasteiger charge is 2.34. The van der Waals surface area contributed by atoms with Gasteiger partial charge < -0.3 is 14.2 Å². The number of carbonyl (C=O) groups excluding carboxylic acids is 3. The molecule has 1 aromatic heterocycles. The molecule has 0 atom stereocenters. The second-order valence-corrected chi connectivity index (χ2v) is 7.69. The largest absolute Gasteiger partial charge is 0.378 e. The number of para-hydroxylation sites is 1. The highest BCUT2D eigenvalue weighted by atomic mass is 32.2. The van der Waals surface area contributed by atoms with Crippen LogP contribution in [0.15, 0.2) is 35.4 Å². The minimum atomic E-state index is -0.390. The molecule has 0 aliphatic carbocycles. The number of hydrogen-bond acceptors (Lipinski definition) is 5. The summed E-state index contributed by atoms with van der Waals surface area (Å²) in [6.45, 7) is 2.44. The van der Waals surface area contributed by atoms with Crippen LogP contribution >= 0.6 is 11.8 Å². The van der Waals surface area contributed by atoms with E-state index in [0.29, 0.717) is 31.2 Å². The van der Waals surface area contributed by atoms with E-state index in [0.717, 1.165) is 33.1 Å². The molecule has 2 aromatic rings. The fourth-order valence-corrected chi connectivity index (χ4v) is 4.28. The number of amides is 3. The zero-order valence-corrected chi connectivity index (χ0v) is 16.5.